The minimum absolute atomic E-state index is 0.0333. The first-order chi connectivity index (χ1) is 18.7. The zero-order valence-electron chi connectivity index (χ0n) is 22.6. The number of ether oxygens (including phenoxy) is 2. The van der Waals surface area contributed by atoms with Gasteiger partial charge < -0.3 is 45.4 Å². The quantitative estimate of drug-likeness (QED) is 0.217. The molecular formula is C28H39NO11. The summed E-state index contributed by atoms with van der Waals surface area (Å²) in [5.74, 6) is -0.892. The van der Waals surface area contributed by atoms with E-state index in [0.29, 0.717) is 12.8 Å². The number of nitrogens with one attached hydrogen (secondary N) is 1. The Morgan fingerprint density at radius 1 is 1.10 bits per heavy atom. The second-order valence-corrected chi connectivity index (χ2v) is 12.5. The summed E-state index contributed by atoms with van der Waals surface area (Å²) in [5.41, 5.74) is -2.21. The molecule has 12 nitrogen and oxygen atoms in total. The lowest BCUT2D eigenvalue weighted by molar-refractivity contribution is -0.279. The molecule has 4 aliphatic carbocycles. The molecule has 4 fully saturated rings. The summed E-state index contributed by atoms with van der Waals surface area (Å²) in [6.07, 6.45) is -2.34. The van der Waals surface area contributed by atoms with E-state index < -0.39 is 71.7 Å². The van der Waals surface area contributed by atoms with Crippen molar-refractivity contribution in [3.63, 3.8) is 0 Å². The van der Waals surface area contributed by atoms with Crippen molar-refractivity contribution in [3.8, 4) is 0 Å². The van der Waals surface area contributed by atoms with Crippen molar-refractivity contribution in [2.45, 2.75) is 88.4 Å². The van der Waals surface area contributed by atoms with E-state index in [1.54, 1.807) is 12.2 Å². The smallest absolute Gasteiger partial charge is 0.407 e. The number of hydrogen-bond acceptors (Lipinski definition) is 11. The second-order valence-electron chi connectivity index (χ2n) is 12.5. The van der Waals surface area contributed by atoms with Crippen LogP contribution in [0.3, 0.4) is 0 Å². The first kappa shape index (κ1) is 29.3. The van der Waals surface area contributed by atoms with Crippen LogP contribution in [-0.4, -0.2) is 104 Å². The van der Waals surface area contributed by atoms with E-state index in [1.165, 1.54) is 0 Å². The lowest BCUT2D eigenvalue weighted by Crippen LogP contribution is -2.62. The molecule has 0 bridgehead atoms. The van der Waals surface area contributed by atoms with Crippen molar-refractivity contribution in [1.82, 2.24) is 5.32 Å². The van der Waals surface area contributed by atoms with Gasteiger partial charge in [0.15, 0.2) is 18.7 Å². The molecule has 0 aromatic rings. The fourth-order valence-electron chi connectivity index (χ4n) is 8.37. The van der Waals surface area contributed by atoms with E-state index in [0.717, 1.165) is 12.0 Å². The largest absolute Gasteiger partial charge is 0.441 e. The number of fused-ring (bicyclic) bond motifs is 5. The van der Waals surface area contributed by atoms with Crippen LogP contribution in [0.1, 0.15) is 46.0 Å². The van der Waals surface area contributed by atoms with E-state index in [4.69, 9.17) is 9.47 Å². The predicted octanol–water partition coefficient (Wildman–Crippen LogP) is -0.909. The Morgan fingerprint density at radius 2 is 1.82 bits per heavy atom. The molecule has 1 amide bonds. The van der Waals surface area contributed by atoms with Crippen LogP contribution in [0.15, 0.2) is 23.8 Å². The summed E-state index contributed by atoms with van der Waals surface area (Å²) in [5, 5.41) is 64.4. The lowest BCUT2D eigenvalue weighted by atomic mass is 9.46. The van der Waals surface area contributed by atoms with Crippen LogP contribution < -0.4 is 5.32 Å². The number of allylic oxidation sites excluding steroid dienone is 4. The molecule has 0 aromatic heterocycles. The van der Waals surface area contributed by atoms with Gasteiger partial charge in [0.1, 0.15) is 30.0 Å². The van der Waals surface area contributed by atoms with Crippen molar-refractivity contribution >= 4 is 17.7 Å². The van der Waals surface area contributed by atoms with Crippen LogP contribution in [0.2, 0.25) is 0 Å². The van der Waals surface area contributed by atoms with Gasteiger partial charge in [-0.25, -0.2) is 4.79 Å². The molecule has 0 aromatic carbocycles. The van der Waals surface area contributed by atoms with Gasteiger partial charge in [-0.05, 0) is 56.1 Å². The number of amides is 1. The van der Waals surface area contributed by atoms with Crippen LogP contribution in [0.25, 0.3) is 0 Å². The fraction of sp³-hybridized carbons (Fsp3) is 0.750. The zero-order chi connectivity index (χ0) is 29.2. The van der Waals surface area contributed by atoms with Crippen LogP contribution in [0.4, 0.5) is 4.79 Å². The molecule has 1 unspecified atom stereocenters. The van der Waals surface area contributed by atoms with Gasteiger partial charge >= 0.3 is 6.09 Å². The van der Waals surface area contributed by atoms with Crippen molar-refractivity contribution in [2.24, 2.45) is 28.6 Å². The Hall–Kier alpha value is -2.19. The summed E-state index contributed by atoms with van der Waals surface area (Å²) in [4.78, 5) is 37.6. The third kappa shape index (κ3) is 4.44. The van der Waals surface area contributed by atoms with Gasteiger partial charge in [-0.1, -0.05) is 25.5 Å². The van der Waals surface area contributed by atoms with Gasteiger partial charge in [0.25, 0.3) is 0 Å². The first-order valence-electron chi connectivity index (χ1n) is 13.9. The number of aliphatic hydroxyl groups is 6. The highest BCUT2D eigenvalue weighted by atomic mass is 16.6. The number of aliphatic hydroxyl groups excluding tert-OH is 5. The molecule has 222 valence electrons. The molecule has 5 rings (SSSR count). The Labute approximate surface area is 231 Å². The third-order valence-electron chi connectivity index (χ3n) is 10.6. The minimum atomic E-state index is -1.81. The fourth-order valence-corrected chi connectivity index (χ4v) is 8.37. The standard InChI is InChI=1S/C28H39NO11/c1-26-7-5-14(30)9-13(26)3-4-15-16-6-8-28(38,27(16,2)10-17(31)20(15)26)19(32)12-39-25(37)29-11-18-21(33)22(34)23(35)24(36)40-18/h5,7,9,15-18,20-24,31,33-36,38H,3-4,6,8,10-12H2,1-2H3,(H,29,37)/t15-,16-,17-,18+,20+,21+,22-,23+,24?,26-,27-,28-/m0/s1. The maximum atomic E-state index is 13.4. The van der Waals surface area contributed by atoms with E-state index >= 15 is 0 Å². The van der Waals surface area contributed by atoms with Crippen molar-refractivity contribution in [3.05, 3.63) is 23.8 Å². The average molecular weight is 566 g/mol. The van der Waals surface area contributed by atoms with Crippen LogP contribution in [0, 0.1) is 28.6 Å². The molecule has 0 spiro atoms. The van der Waals surface area contributed by atoms with Crippen molar-refractivity contribution in [1.29, 1.82) is 0 Å². The van der Waals surface area contributed by atoms with Gasteiger partial charge in [-0.2, -0.15) is 0 Å². The van der Waals surface area contributed by atoms with Gasteiger partial charge in [0, 0.05) is 23.3 Å². The second kappa shape index (κ2) is 10.3. The van der Waals surface area contributed by atoms with Gasteiger partial charge in [0.05, 0.1) is 6.10 Å². The first-order valence-corrected chi connectivity index (χ1v) is 13.9. The number of carbonyl (C=O) groups excluding carboxylic acids is 3. The molecule has 7 N–H and O–H groups in total. The highest BCUT2D eigenvalue weighted by Gasteiger charge is 2.68. The SMILES string of the molecule is C[C@]12C=CC(=O)C=C1CC[C@@H]1[C@@H]2[C@@H](O)C[C@@]2(C)[C@H]1CC[C@]2(O)C(=O)COC(=O)NC[C@H]1OC(O)[C@H](O)[C@@H](O)[C@@H]1O. The molecule has 12 heteroatoms. The summed E-state index contributed by atoms with van der Waals surface area (Å²) in [6, 6.07) is 0. The molecule has 3 saturated carbocycles. The predicted molar refractivity (Wildman–Crippen MR) is 136 cm³/mol. The van der Waals surface area contributed by atoms with Crippen LogP contribution >= 0.6 is 0 Å². The molecule has 12 atom stereocenters. The minimum Gasteiger partial charge on any atom is -0.441 e. The number of alkyl carbamates (subject to hydrolysis) is 1. The van der Waals surface area contributed by atoms with Gasteiger partial charge in [-0.15, -0.1) is 0 Å². The molecule has 1 aliphatic heterocycles. The molecule has 1 saturated heterocycles. The van der Waals surface area contributed by atoms with E-state index in [1.807, 2.05) is 19.9 Å². The normalized spacial score (nSPS) is 48.0. The Bertz CT molecular complexity index is 1120. The summed E-state index contributed by atoms with van der Waals surface area (Å²) < 4.78 is 10.1. The number of carbonyl (C=O) groups is 3. The number of ketones is 2. The topological polar surface area (TPSA) is 203 Å². The van der Waals surface area contributed by atoms with E-state index in [-0.39, 0.29) is 42.9 Å². The summed E-state index contributed by atoms with van der Waals surface area (Å²) >= 11 is 0. The maximum Gasteiger partial charge on any atom is 0.407 e. The highest BCUT2D eigenvalue weighted by molar-refractivity contribution is 6.01. The molecule has 5 aliphatic rings. The molecule has 40 heavy (non-hydrogen) atoms. The highest BCUT2D eigenvalue weighted by Crippen LogP contribution is 2.67. The monoisotopic (exact) mass is 565 g/mol. The maximum absolute atomic E-state index is 13.4. The Kier molecular flexibility index (Phi) is 7.52. The Morgan fingerprint density at radius 3 is 2.55 bits per heavy atom. The number of hydrogen-bond donors (Lipinski definition) is 7. The number of rotatable bonds is 5. The summed E-state index contributed by atoms with van der Waals surface area (Å²) in [6.45, 7) is 2.76. The average Bonchev–Trinajstić information content (AvgIpc) is 3.18. The van der Waals surface area contributed by atoms with E-state index in [9.17, 15) is 45.0 Å². The molecular weight excluding hydrogens is 526 g/mol. The molecule has 1 heterocycles. The third-order valence-corrected chi connectivity index (χ3v) is 10.6. The van der Waals surface area contributed by atoms with Gasteiger partial charge in [0.2, 0.25) is 5.78 Å². The van der Waals surface area contributed by atoms with Crippen LogP contribution in [-0.2, 0) is 19.1 Å². The van der Waals surface area contributed by atoms with E-state index in [2.05, 4.69) is 5.32 Å². The number of Topliss-reactive ketones (excluding diaryl/α,β-unsaturated/α-hetero) is 1. The molecule has 0 radical (unpaired) electrons. The van der Waals surface area contributed by atoms with Crippen LogP contribution in [0.5, 0.6) is 0 Å². The lowest BCUT2D eigenvalue weighted by Gasteiger charge is -2.59. The Balaban J connectivity index is 1.22. The van der Waals surface area contributed by atoms with Crippen molar-refractivity contribution < 1.29 is 54.5 Å². The van der Waals surface area contributed by atoms with Gasteiger partial charge in [-0.3, -0.25) is 9.59 Å². The zero-order valence-corrected chi connectivity index (χ0v) is 22.6. The van der Waals surface area contributed by atoms with Crippen molar-refractivity contribution in [2.75, 3.05) is 13.2 Å². The summed E-state index contributed by atoms with van der Waals surface area (Å²) in [7, 11) is 0.